The SMILES string of the molecule is O=C(O)c1c[n+]([O-])c(C(=O)O)c(C(=O)O)c1C(=O)O. The van der Waals surface area contributed by atoms with Gasteiger partial charge in [-0.1, -0.05) is 0 Å². The predicted octanol–water partition coefficient (Wildman–Crippen LogP) is -0.887. The number of carboxylic acids is 4. The van der Waals surface area contributed by atoms with Crippen LogP contribution in [0, 0.1) is 5.21 Å². The molecule has 0 aliphatic heterocycles. The molecule has 0 saturated heterocycles. The molecule has 0 fully saturated rings. The number of carboxylic acid groups (broad SMARTS) is 4. The Labute approximate surface area is 103 Å². The molecule has 1 aromatic rings. The second kappa shape index (κ2) is 4.60. The van der Waals surface area contributed by atoms with Gasteiger partial charge in [0.25, 0.3) is 0 Å². The van der Waals surface area contributed by atoms with E-state index in [0.717, 1.165) is 0 Å². The highest BCUT2D eigenvalue weighted by Gasteiger charge is 2.36. The maximum absolute atomic E-state index is 11.3. The second-order valence-electron chi connectivity index (χ2n) is 3.19. The van der Waals surface area contributed by atoms with Gasteiger partial charge in [-0.05, 0) is 0 Å². The Hall–Kier alpha value is -3.17. The Balaban J connectivity index is 3.98. The van der Waals surface area contributed by atoms with Crippen LogP contribution >= 0.6 is 0 Å². The fraction of sp³-hybridized carbons (Fsp3) is 0. The highest BCUT2D eigenvalue weighted by Crippen LogP contribution is 2.17. The zero-order valence-corrected chi connectivity index (χ0v) is 8.85. The quantitative estimate of drug-likeness (QED) is 0.399. The summed E-state index contributed by atoms with van der Waals surface area (Å²) in [5, 5.41) is 46.3. The van der Waals surface area contributed by atoms with Gasteiger partial charge < -0.3 is 25.6 Å². The van der Waals surface area contributed by atoms with E-state index in [1.54, 1.807) is 0 Å². The van der Waals surface area contributed by atoms with Gasteiger partial charge in [0.1, 0.15) is 11.1 Å². The molecular formula is C9H5NO9. The minimum Gasteiger partial charge on any atom is -0.618 e. The minimum atomic E-state index is -2.04. The average molecular weight is 271 g/mol. The normalized spacial score (nSPS) is 9.89. The molecular weight excluding hydrogens is 266 g/mol. The van der Waals surface area contributed by atoms with Crippen molar-refractivity contribution in [3.63, 3.8) is 0 Å². The summed E-state index contributed by atoms with van der Waals surface area (Å²) in [5.74, 6) is -7.88. The number of rotatable bonds is 4. The Kier molecular flexibility index (Phi) is 3.36. The van der Waals surface area contributed by atoms with Crippen molar-refractivity contribution in [1.29, 1.82) is 0 Å². The van der Waals surface area contributed by atoms with Crippen molar-refractivity contribution in [2.24, 2.45) is 0 Å². The maximum atomic E-state index is 11.3. The highest BCUT2D eigenvalue weighted by atomic mass is 16.5. The molecule has 0 bridgehead atoms. The molecule has 0 atom stereocenters. The van der Waals surface area contributed by atoms with E-state index in [-0.39, 0.29) is 6.20 Å². The molecule has 0 unspecified atom stereocenters. The first-order valence-corrected chi connectivity index (χ1v) is 4.41. The summed E-state index contributed by atoms with van der Waals surface area (Å²) in [4.78, 5) is 43.4. The van der Waals surface area contributed by atoms with Crippen molar-refractivity contribution < 1.29 is 44.3 Å². The van der Waals surface area contributed by atoms with Crippen LogP contribution in [0.4, 0.5) is 0 Å². The first-order valence-electron chi connectivity index (χ1n) is 4.41. The number of hydrogen-bond donors (Lipinski definition) is 4. The largest absolute Gasteiger partial charge is 0.618 e. The van der Waals surface area contributed by atoms with Crippen molar-refractivity contribution in [2.75, 3.05) is 0 Å². The van der Waals surface area contributed by atoms with Crippen molar-refractivity contribution in [3.05, 3.63) is 33.8 Å². The van der Waals surface area contributed by atoms with Gasteiger partial charge >= 0.3 is 29.6 Å². The smallest absolute Gasteiger partial charge is 0.403 e. The standard InChI is InChI=1S/C9H5NO9/c11-6(12)2-1-10(19)5(9(17)18)4(8(15)16)3(2)7(13)14/h1H,(H,11,12)(H,13,14)(H,15,16)(H,17,18). The molecule has 0 saturated carbocycles. The van der Waals surface area contributed by atoms with E-state index in [1.807, 2.05) is 0 Å². The van der Waals surface area contributed by atoms with Gasteiger partial charge in [0, 0.05) is 0 Å². The minimum absolute atomic E-state index is 0.182. The molecule has 4 N–H and O–H groups in total. The molecule has 0 radical (unpaired) electrons. The lowest BCUT2D eigenvalue weighted by molar-refractivity contribution is -0.608. The molecule has 0 aromatic carbocycles. The summed E-state index contributed by atoms with van der Waals surface area (Å²) in [6.45, 7) is 0. The Morgan fingerprint density at radius 3 is 1.63 bits per heavy atom. The van der Waals surface area contributed by atoms with E-state index in [2.05, 4.69) is 0 Å². The van der Waals surface area contributed by atoms with Crippen LogP contribution in [0.25, 0.3) is 0 Å². The van der Waals surface area contributed by atoms with Crippen molar-refractivity contribution in [1.82, 2.24) is 0 Å². The van der Waals surface area contributed by atoms with Gasteiger partial charge in [-0.2, -0.15) is 4.73 Å². The summed E-state index contributed by atoms with van der Waals surface area (Å²) >= 11 is 0. The van der Waals surface area contributed by atoms with Crippen LogP contribution in [0.15, 0.2) is 6.20 Å². The average Bonchev–Trinajstić information content (AvgIpc) is 2.25. The molecule has 10 heteroatoms. The number of aromatic carboxylic acids is 4. The number of pyridine rings is 1. The van der Waals surface area contributed by atoms with Crippen LogP contribution in [-0.2, 0) is 0 Å². The first kappa shape index (κ1) is 13.9. The second-order valence-corrected chi connectivity index (χ2v) is 3.19. The van der Waals surface area contributed by atoms with Crippen molar-refractivity contribution >= 4 is 23.9 Å². The van der Waals surface area contributed by atoms with E-state index in [0.29, 0.717) is 0 Å². The molecule has 1 rings (SSSR count). The summed E-state index contributed by atoms with van der Waals surface area (Å²) < 4.78 is -0.512. The van der Waals surface area contributed by atoms with Gasteiger partial charge in [0.05, 0.1) is 0 Å². The van der Waals surface area contributed by atoms with Crippen LogP contribution in [0.5, 0.6) is 0 Å². The lowest BCUT2D eigenvalue weighted by Crippen LogP contribution is -2.40. The summed E-state index contributed by atoms with van der Waals surface area (Å²) in [6, 6.07) is 0. The maximum Gasteiger partial charge on any atom is 0.403 e. The van der Waals surface area contributed by atoms with Crippen LogP contribution < -0.4 is 4.73 Å². The fourth-order valence-corrected chi connectivity index (χ4v) is 1.40. The topological polar surface area (TPSA) is 176 Å². The fourth-order valence-electron chi connectivity index (χ4n) is 1.40. The molecule has 0 amide bonds. The molecule has 1 heterocycles. The Morgan fingerprint density at radius 1 is 0.842 bits per heavy atom. The van der Waals surface area contributed by atoms with Gasteiger partial charge in [-0.25, -0.2) is 19.2 Å². The molecule has 0 aliphatic rings. The first-order chi connectivity index (χ1) is 8.68. The lowest BCUT2D eigenvalue weighted by Gasteiger charge is -2.09. The zero-order valence-electron chi connectivity index (χ0n) is 8.85. The third kappa shape index (κ3) is 2.26. The van der Waals surface area contributed by atoms with E-state index in [4.69, 9.17) is 20.4 Å². The van der Waals surface area contributed by atoms with Crippen LogP contribution in [0.1, 0.15) is 41.6 Å². The van der Waals surface area contributed by atoms with Gasteiger partial charge in [0.2, 0.25) is 0 Å². The third-order valence-corrected chi connectivity index (χ3v) is 2.08. The molecule has 0 spiro atoms. The summed E-state index contributed by atoms with van der Waals surface area (Å²) in [5.41, 5.74) is -5.17. The third-order valence-electron chi connectivity index (χ3n) is 2.08. The van der Waals surface area contributed by atoms with E-state index >= 15 is 0 Å². The molecule has 100 valence electrons. The van der Waals surface area contributed by atoms with E-state index < -0.39 is 51.0 Å². The van der Waals surface area contributed by atoms with Crippen molar-refractivity contribution in [2.45, 2.75) is 0 Å². The number of aromatic nitrogens is 1. The highest BCUT2D eigenvalue weighted by molar-refractivity contribution is 6.12. The van der Waals surface area contributed by atoms with Crippen LogP contribution in [0.3, 0.4) is 0 Å². The Bertz CT molecular complexity index is 619. The van der Waals surface area contributed by atoms with E-state index in [9.17, 15) is 24.4 Å². The van der Waals surface area contributed by atoms with Crippen LogP contribution in [0.2, 0.25) is 0 Å². The Morgan fingerprint density at radius 2 is 1.32 bits per heavy atom. The molecule has 19 heavy (non-hydrogen) atoms. The summed E-state index contributed by atoms with van der Waals surface area (Å²) in [6.07, 6.45) is 0.182. The van der Waals surface area contributed by atoms with Gasteiger partial charge in [0.15, 0.2) is 11.8 Å². The zero-order chi connectivity index (χ0) is 14.9. The molecule has 1 aromatic heterocycles. The van der Waals surface area contributed by atoms with Gasteiger partial charge in [-0.3, -0.25) is 0 Å². The van der Waals surface area contributed by atoms with E-state index in [1.165, 1.54) is 0 Å². The summed E-state index contributed by atoms with van der Waals surface area (Å²) in [7, 11) is 0. The number of nitrogens with zero attached hydrogens (tertiary/aromatic N) is 1. The van der Waals surface area contributed by atoms with Gasteiger partial charge in [-0.15, -0.1) is 0 Å². The number of carbonyl (C=O) groups is 4. The predicted molar refractivity (Wildman–Crippen MR) is 53.2 cm³/mol. The monoisotopic (exact) mass is 271 g/mol. The molecule has 10 nitrogen and oxygen atoms in total. The van der Waals surface area contributed by atoms with Crippen LogP contribution in [-0.4, -0.2) is 44.3 Å². The lowest BCUT2D eigenvalue weighted by atomic mass is 10.0. The number of hydrogen-bond acceptors (Lipinski definition) is 5. The van der Waals surface area contributed by atoms with Crippen molar-refractivity contribution in [3.8, 4) is 0 Å². The molecule has 0 aliphatic carbocycles.